The third kappa shape index (κ3) is 4.56. The van der Waals surface area contributed by atoms with Crippen molar-refractivity contribution in [1.29, 1.82) is 0 Å². The summed E-state index contributed by atoms with van der Waals surface area (Å²) in [6.45, 7) is -0.960. The summed E-state index contributed by atoms with van der Waals surface area (Å²) < 4.78 is 16.0. The van der Waals surface area contributed by atoms with E-state index in [0.29, 0.717) is 11.5 Å². The number of H-pyrrole nitrogens is 1. The Balaban J connectivity index is 2.03. The number of esters is 1. The van der Waals surface area contributed by atoms with Crippen LogP contribution in [0.25, 0.3) is 0 Å². The van der Waals surface area contributed by atoms with E-state index in [4.69, 9.17) is 14.2 Å². The van der Waals surface area contributed by atoms with Crippen LogP contribution in [0.3, 0.4) is 0 Å². The van der Waals surface area contributed by atoms with Crippen LogP contribution < -0.4 is 20.7 Å². The van der Waals surface area contributed by atoms with E-state index in [-0.39, 0.29) is 5.56 Å². The van der Waals surface area contributed by atoms with Crippen LogP contribution in [0, 0.1) is 0 Å². The highest BCUT2D eigenvalue weighted by atomic mass is 16.5. The number of benzene rings is 1. The summed E-state index contributed by atoms with van der Waals surface area (Å²) in [7, 11) is 2.87. The summed E-state index contributed by atoms with van der Waals surface area (Å²) in [6.07, 6.45) is 1.16. The van der Waals surface area contributed by atoms with Crippen molar-refractivity contribution >= 4 is 11.8 Å². The van der Waals surface area contributed by atoms with Gasteiger partial charge in [0.15, 0.2) is 6.61 Å². The molecule has 0 saturated heterocycles. The van der Waals surface area contributed by atoms with Gasteiger partial charge in [0.05, 0.1) is 19.8 Å². The second kappa shape index (κ2) is 7.95. The number of ketones is 1. The van der Waals surface area contributed by atoms with E-state index in [2.05, 4.69) is 0 Å². The molecule has 0 aliphatic rings. The Bertz CT molecular complexity index is 898. The smallest absolute Gasteiger partial charge is 0.328 e. The molecule has 0 amide bonds. The number of aromatic amines is 1. The molecule has 9 heteroatoms. The number of aromatic nitrogens is 2. The molecule has 0 saturated carbocycles. The van der Waals surface area contributed by atoms with E-state index in [1.54, 1.807) is 12.1 Å². The Morgan fingerprint density at radius 1 is 1.12 bits per heavy atom. The average Bonchev–Trinajstić information content (AvgIpc) is 2.61. The predicted molar refractivity (Wildman–Crippen MR) is 86.2 cm³/mol. The molecule has 1 aromatic heterocycles. The van der Waals surface area contributed by atoms with Crippen molar-refractivity contribution in [2.24, 2.45) is 0 Å². The van der Waals surface area contributed by atoms with Gasteiger partial charge in [-0.2, -0.15) is 0 Å². The molecule has 132 valence electrons. The first-order valence-corrected chi connectivity index (χ1v) is 7.15. The molecule has 0 bridgehead atoms. The number of rotatable bonds is 7. The second-order valence-electron chi connectivity index (χ2n) is 4.89. The summed E-state index contributed by atoms with van der Waals surface area (Å²) in [5.41, 5.74) is -1.11. The summed E-state index contributed by atoms with van der Waals surface area (Å²) in [6, 6.07) is 5.76. The number of methoxy groups -OCH3 is 2. The lowest BCUT2D eigenvalue weighted by Crippen LogP contribution is -2.31. The average molecular weight is 348 g/mol. The van der Waals surface area contributed by atoms with Crippen LogP contribution in [-0.4, -0.2) is 42.1 Å². The van der Waals surface area contributed by atoms with Gasteiger partial charge in [-0.15, -0.1) is 0 Å². The van der Waals surface area contributed by atoms with Crippen molar-refractivity contribution in [3.05, 3.63) is 56.9 Å². The zero-order chi connectivity index (χ0) is 18.4. The van der Waals surface area contributed by atoms with Crippen molar-refractivity contribution in [2.75, 3.05) is 20.8 Å². The zero-order valence-electron chi connectivity index (χ0n) is 13.6. The van der Waals surface area contributed by atoms with E-state index in [9.17, 15) is 19.2 Å². The first-order valence-electron chi connectivity index (χ1n) is 7.15. The zero-order valence-corrected chi connectivity index (χ0v) is 13.6. The molecule has 0 spiro atoms. The Morgan fingerprint density at radius 2 is 1.88 bits per heavy atom. The van der Waals surface area contributed by atoms with E-state index in [1.807, 2.05) is 4.98 Å². The molecule has 1 aromatic carbocycles. The fraction of sp³-hybridized carbons (Fsp3) is 0.250. The Labute approximate surface area is 141 Å². The molecular weight excluding hydrogens is 332 g/mol. The number of ether oxygens (including phenoxy) is 3. The number of nitrogens with one attached hydrogen (secondary N) is 1. The van der Waals surface area contributed by atoms with Crippen LogP contribution in [0.4, 0.5) is 0 Å². The topological polar surface area (TPSA) is 117 Å². The van der Waals surface area contributed by atoms with Crippen LogP contribution in [0.1, 0.15) is 10.4 Å². The highest BCUT2D eigenvalue weighted by molar-refractivity contribution is 6.00. The van der Waals surface area contributed by atoms with Gasteiger partial charge in [0, 0.05) is 12.3 Å². The lowest BCUT2D eigenvalue weighted by molar-refractivity contribution is -0.143. The van der Waals surface area contributed by atoms with Gasteiger partial charge >= 0.3 is 11.7 Å². The molecule has 2 rings (SSSR count). The minimum Gasteiger partial charge on any atom is -0.497 e. The third-order valence-corrected chi connectivity index (χ3v) is 3.27. The van der Waals surface area contributed by atoms with Crippen LogP contribution >= 0.6 is 0 Å². The standard InChI is InChI=1S/C16H16N2O7/c1-23-10-3-4-13(24-2)11(7-10)12(19)9-25-15(21)8-18-6-5-14(20)17-16(18)22/h3-7H,8-9H2,1-2H3,(H,17,20,22). The molecular formula is C16H16N2O7. The maximum Gasteiger partial charge on any atom is 0.328 e. The van der Waals surface area contributed by atoms with E-state index in [1.165, 1.54) is 20.3 Å². The molecule has 0 atom stereocenters. The maximum atomic E-state index is 12.2. The van der Waals surface area contributed by atoms with E-state index >= 15 is 0 Å². The number of hydrogen-bond acceptors (Lipinski definition) is 7. The normalized spacial score (nSPS) is 10.2. The molecule has 25 heavy (non-hydrogen) atoms. The number of carbonyl (C=O) groups is 2. The van der Waals surface area contributed by atoms with Crippen molar-refractivity contribution in [1.82, 2.24) is 9.55 Å². The van der Waals surface area contributed by atoms with Crippen LogP contribution in [0.5, 0.6) is 11.5 Å². The molecule has 1 heterocycles. The van der Waals surface area contributed by atoms with Crippen molar-refractivity contribution < 1.29 is 23.8 Å². The number of Topliss-reactive ketones (excluding diaryl/α,β-unsaturated/α-hetero) is 1. The minimum atomic E-state index is -0.802. The molecule has 0 aliphatic carbocycles. The van der Waals surface area contributed by atoms with Gasteiger partial charge in [0.2, 0.25) is 5.78 Å². The molecule has 0 unspecified atom stereocenters. The Morgan fingerprint density at radius 3 is 2.52 bits per heavy atom. The van der Waals surface area contributed by atoms with Gasteiger partial charge in [0.1, 0.15) is 18.0 Å². The number of nitrogens with zero attached hydrogens (tertiary/aromatic N) is 1. The molecule has 1 N–H and O–H groups in total. The SMILES string of the molecule is COc1ccc(OC)c(C(=O)COC(=O)Cn2ccc(=O)[nH]c2=O)c1. The largest absolute Gasteiger partial charge is 0.497 e. The lowest BCUT2D eigenvalue weighted by Gasteiger charge is -2.10. The fourth-order valence-corrected chi connectivity index (χ4v) is 2.01. The Kier molecular flexibility index (Phi) is 5.72. The highest BCUT2D eigenvalue weighted by Crippen LogP contribution is 2.24. The van der Waals surface area contributed by atoms with Crippen molar-refractivity contribution in [3.63, 3.8) is 0 Å². The quantitative estimate of drug-likeness (QED) is 0.552. The molecule has 2 aromatic rings. The van der Waals surface area contributed by atoms with E-state index < -0.39 is 36.2 Å². The third-order valence-electron chi connectivity index (χ3n) is 3.27. The highest BCUT2D eigenvalue weighted by Gasteiger charge is 2.16. The molecule has 0 fully saturated rings. The Hall–Kier alpha value is -3.36. The van der Waals surface area contributed by atoms with Crippen LogP contribution in [0.2, 0.25) is 0 Å². The van der Waals surface area contributed by atoms with Crippen LogP contribution in [0.15, 0.2) is 40.1 Å². The first kappa shape index (κ1) is 18.0. The van der Waals surface area contributed by atoms with Crippen molar-refractivity contribution in [3.8, 4) is 11.5 Å². The fourth-order valence-electron chi connectivity index (χ4n) is 2.01. The van der Waals surface area contributed by atoms with Crippen LogP contribution in [-0.2, 0) is 16.1 Å². The van der Waals surface area contributed by atoms with Gasteiger partial charge < -0.3 is 14.2 Å². The number of carbonyl (C=O) groups excluding carboxylic acids is 2. The number of hydrogen-bond donors (Lipinski definition) is 1. The first-order chi connectivity index (χ1) is 11.9. The molecule has 0 aliphatic heterocycles. The summed E-state index contributed by atoms with van der Waals surface area (Å²) in [5, 5.41) is 0. The minimum absolute atomic E-state index is 0.204. The summed E-state index contributed by atoms with van der Waals surface area (Å²) >= 11 is 0. The monoisotopic (exact) mass is 348 g/mol. The summed E-state index contributed by atoms with van der Waals surface area (Å²) in [5.74, 6) is -0.517. The van der Waals surface area contributed by atoms with Gasteiger partial charge in [-0.1, -0.05) is 0 Å². The second-order valence-corrected chi connectivity index (χ2v) is 4.89. The maximum absolute atomic E-state index is 12.2. The van der Waals surface area contributed by atoms with Gasteiger partial charge in [-0.25, -0.2) is 4.79 Å². The van der Waals surface area contributed by atoms with E-state index in [0.717, 1.165) is 16.8 Å². The van der Waals surface area contributed by atoms with Gasteiger partial charge in [-0.05, 0) is 18.2 Å². The molecule has 0 radical (unpaired) electrons. The summed E-state index contributed by atoms with van der Waals surface area (Å²) in [4.78, 5) is 48.5. The molecule has 9 nitrogen and oxygen atoms in total. The predicted octanol–water partition coefficient (Wildman–Crippen LogP) is -0.0201. The van der Waals surface area contributed by atoms with Gasteiger partial charge in [0.25, 0.3) is 5.56 Å². The van der Waals surface area contributed by atoms with Gasteiger partial charge in [-0.3, -0.25) is 23.9 Å². The van der Waals surface area contributed by atoms with Crippen molar-refractivity contribution in [2.45, 2.75) is 6.54 Å². The lowest BCUT2D eigenvalue weighted by atomic mass is 10.1.